The number of quaternary nitrogens is 1. The van der Waals surface area contributed by atoms with E-state index in [4.69, 9.17) is 0 Å². The van der Waals surface area contributed by atoms with Gasteiger partial charge in [-0.05, 0) is 26.7 Å². The summed E-state index contributed by atoms with van der Waals surface area (Å²) in [5.41, 5.74) is 0.603. The second kappa shape index (κ2) is 23.2. The highest BCUT2D eigenvalue weighted by Crippen LogP contribution is 2.16. The maximum absolute atomic E-state index is 12.0. The summed E-state index contributed by atoms with van der Waals surface area (Å²) in [6, 6.07) is 0. The monoisotopic (exact) mass is 486 g/mol. The molecule has 0 heterocycles. The van der Waals surface area contributed by atoms with Gasteiger partial charge in [-0.25, -0.2) is 0 Å². The van der Waals surface area contributed by atoms with Gasteiger partial charge in [0.25, 0.3) is 5.91 Å². The lowest BCUT2D eigenvalue weighted by atomic mass is 10.0. The summed E-state index contributed by atoms with van der Waals surface area (Å²) >= 11 is 0. The Hall–Kier alpha value is -0.540. The van der Waals surface area contributed by atoms with Gasteiger partial charge in [-0.2, -0.15) is 0 Å². The minimum absolute atomic E-state index is 0. The van der Waals surface area contributed by atoms with E-state index >= 15 is 0 Å². The van der Waals surface area contributed by atoms with Crippen molar-refractivity contribution in [3.8, 4) is 0 Å². The van der Waals surface area contributed by atoms with Crippen LogP contribution in [0, 0.1) is 5.92 Å². The second-order valence-corrected chi connectivity index (χ2v) is 10.7. The van der Waals surface area contributed by atoms with Gasteiger partial charge in [0.15, 0.2) is 6.67 Å². The molecule has 1 unspecified atom stereocenters. The Balaban J connectivity index is 0. The first kappa shape index (κ1) is 34.6. The first-order valence-electron chi connectivity index (χ1n) is 14.2. The van der Waals surface area contributed by atoms with Gasteiger partial charge in [0.1, 0.15) is 0 Å². The molecule has 0 rings (SSSR count). The minimum Gasteiger partial charge on any atom is -1.00 e. The average molecular weight is 487 g/mol. The number of rotatable bonds is 23. The predicted octanol–water partition coefficient (Wildman–Crippen LogP) is 5.39. The Bertz CT molecular complexity index is 467. The fourth-order valence-corrected chi connectivity index (χ4v) is 4.79. The van der Waals surface area contributed by atoms with Crippen LogP contribution < -0.4 is 17.7 Å². The first-order valence-corrected chi connectivity index (χ1v) is 14.2. The normalized spacial score (nSPS) is 12.9. The zero-order valence-electron chi connectivity index (χ0n) is 23.2. The fraction of sp³-hybridized carbons (Fsp3) is 0.897. The van der Waals surface area contributed by atoms with Crippen molar-refractivity contribution in [3.05, 3.63) is 12.2 Å². The minimum atomic E-state index is -0.00307. The molecule has 4 heteroatoms. The van der Waals surface area contributed by atoms with Gasteiger partial charge in [0, 0.05) is 11.5 Å². The van der Waals surface area contributed by atoms with Crippen molar-refractivity contribution < 1.29 is 21.7 Å². The highest BCUT2D eigenvalue weighted by Gasteiger charge is 2.26. The Labute approximate surface area is 214 Å². The maximum Gasteiger partial charge on any atom is 0.250 e. The molecule has 0 aliphatic heterocycles. The van der Waals surface area contributed by atoms with E-state index in [1.54, 1.807) is 6.92 Å². The van der Waals surface area contributed by atoms with Crippen molar-refractivity contribution in [1.29, 1.82) is 0 Å². The molecule has 0 aliphatic rings. The smallest absolute Gasteiger partial charge is 0.250 e. The Kier molecular flexibility index (Phi) is 24.4. The standard InChI is InChI=1S/C29H58N2O.ClH/c1-7-9-10-11-12-13-14-15-16-17-18-19-20-21-22-23-24-31(8-2,25-27(3)4)26-30-29(32)28(5)6;/h27H,5,7-26H2,1-4,6H3;1H. The summed E-state index contributed by atoms with van der Waals surface area (Å²) in [5, 5.41) is 3.12. The zero-order chi connectivity index (χ0) is 24.1. The molecule has 0 aromatic heterocycles. The van der Waals surface area contributed by atoms with Gasteiger partial charge in [-0.3, -0.25) is 4.79 Å². The van der Waals surface area contributed by atoms with Crippen LogP contribution in [0.3, 0.4) is 0 Å². The number of halogens is 1. The molecular weight excluding hydrogens is 428 g/mol. The number of hydrogen-bond donors (Lipinski definition) is 1. The van der Waals surface area contributed by atoms with Crippen LogP contribution in [0.25, 0.3) is 0 Å². The van der Waals surface area contributed by atoms with E-state index in [9.17, 15) is 4.79 Å². The summed E-state index contributed by atoms with van der Waals surface area (Å²) in [4.78, 5) is 12.0. The van der Waals surface area contributed by atoms with Gasteiger partial charge in [0.2, 0.25) is 0 Å². The van der Waals surface area contributed by atoms with Crippen LogP contribution in [-0.4, -0.2) is 36.7 Å². The van der Waals surface area contributed by atoms with Gasteiger partial charge in [-0.1, -0.05) is 117 Å². The van der Waals surface area contributed by atoms with Crippen LogP contribution in [0.5, 0.6) is 0 Å². The molecule has 0 aliphatic carbocycles. The molecule has 0 fully saturated rings. The summed E-state index contributed by atoms with van der Waals surface area (Å²) in [6.07, 6.45) is 22.5. The van der Waals surface area contributed by atoms with Crippen LogP contribution in [0.1, 0.15) is 137 Å². The lowest BCUT2D eigenvalue weighted by Gasteiger charge is -2.39. The number of nitrogens with one attached hydrogen (secondary N) is 1. The molecule has 0 radical (unpaired) electrons. The van der Waals surface area contributed by atoms with Crippen molar-refractivity contribution >= 4 is 5.91 Å². The molecule has 0 saturated carbocycles. The largest absolute Gasteiger partial charge is 1.00 e. The zero-order valence-corrected chi connectivity index (χ0v) is 23.9. The summed E-state index contributed by atoms with van der Waals surface area (Å²) in [7, 11) is 0. The van der Waals surface area contributed by atoms with E-state index in [2.05, 4.69) is 39.6 Å². The highest BCUT2D eigenvalue weighted by molar-refractivity contribution is 5.91. The van der Waals surface area contributed by atoms with Crippen LogP contribution in [-0.2, 0) is 4.79 Å². The van der Waals surface area contributed by atoms with E-state index in [1.807, 2.05) is 0 Å². The fourth-order valence-electron chi connectivity index (χ4n) is 4.79. The van der Waals surface area contributed by atoms with Crippen LogP contribution in [0.4, 0.5) is 0 Å². The third kappa shape index (κ3) is 20.5. The molecule has 0 saturated heterocycles. The van der Waals surface area contributed by atoms with E-state index < -0.39 is 0 Å². The third-order valence-corrected chi connectivity index (χ3v) is 6.87. The van der Waals surface area contributed by atoms with E-state index in [-0.39, 0.29) is 18.3 Å². The molecule has 198 valence electrons. The highest BCUT2D eigenvalue weighted by atomic mass is 35.5. The number of hydrogen-bond acceptors (Lipinski definition) is 1. The first-order chi connectivity index (χ1) is 15.4. The number of carbonyl (C=O) groups is 1. The molecule has 0 bridgehead atoms. The SMILES string of the molecule is C=C(C)C(=O)NC[N+](CC)(CCCCCCCCCCCCCCCCCC)CC(C)C.[Cl-]. The van der Waals surface area contributed by atoms with Crippen LogP contribution >= 0.6 is 0 Å². The molecule has 33 heavy (non-hydrogen) atoms. The Morgan fingerprint density at radius 3 is 1.48 bits per heavy atom. The van der Waals surface area contributed by atoms with E-state index in [0.29, 0.717) is 11.5 Å². The van der Waals surface area contributed by atoms with E-state index in [0.717, 1.165) is 24.2 Å². The van der Waals surface area contributed by atoms with Gasteiger partial charge in [0.05, 0.1) is 19.6 Å². The molecule has 1 amide bonds. The lowest BCUT2D eigenvalue weighted by molar-refractivity contribution is -0.931. The molecule has 3 nitrogen and oxygen atoms in total. The van der Waals surface area contributed by atoms with Crippen molar-refractivity contribution in [2.75, 3.05) is 26.3 Å². The lowest BCUT2D eigenvalue weighted by Crippen LogP contribution is -3.00. The van der Waals surface area contributed by atoms with Crippen molar-refractivity contribution in [2.45, 2.75) is 137 Å². The molecule has 0 aromatic carbocycles. The quantitative estimate of drug-likeness (QED) is 0.0891. The molecule has 0 spiro atoms. The van der Waals surface area contributed by atoms with E-state index in [1.165, 1.54) is 109 Å². The Morgan fingerprint density at radius 2 is 1.15 bits per heavy atom. The predicted molar refractivity (Wildman–Crippen MR) is 143 cm³/mol. The van der Waals surface area contributed by atoms with Crippen LogP contribution in [0.15, 0.2) is 12.2 Å². The average Bonchev–Trinajstić information content (AvgIpc) is 2.76. The molecule has 0 aromatic rings. The molecular formula is C29H59ClN2O. The van der Waals surface area contributed by atoms with Gasteiger partial charge >= 0.3 is 0 Å². The number of carbonyl (C=O) groups excluding carboxylic acids is 1. The Morgan fingerprint density at radius 1 is 0.758 bits per heavy atom. The van der Waals surface area contributed by atoms with Crippen molar-refractivity contribution in [1.82, 2.24) is 5.32 Å². The number of unbranched alkanes of at least 4 members (excludes halogenated alkanes) is 15. The second-order valence-electron chi connectivity index (χ2n) is 10.7. The topological polar surface area (TPSA) is 29.1 Å². The third-order valence-electron chi connectivity index (χ3n) is 6.87. The van der Waals surface area contributed by atoms with Crippen molar-refractivity contribution in [3.63, 3.8) is 0 Å². The number of nitrogens with zero attached hydrogens (tertiary/aromatic N) is 1. The van der Waals surface area contributed by atoms with Gasteiger partial charge < -0.3 is 22.2 Å². The maximum atomic E-state index is 12.0. The van der Waals surface area contributed by atoms with Crippen molar-refractivity contribution in [2.24, 2.45) is 5.92 Å². The molecule has 1 atom stereocenters. The van der Waals surface area contributed by atoms with Crippen LogP contribution in [0.2, 0.25) is 0 Å². The summed E-state index contributed by atoms with van der Waals surface area (Å²) in [6.45, 7) is 18.8. The summed E-state index contributed by atoms with van der Waals surface area (Å²) in [5.74, 6) is 0.634. The van der Waals surface area contributed by atoms with Gasteiger partial charge in [-0.15, -0.1) is 0 Å². The molecule has 1 N–H and O–H groups in total. The number of amides is 1. The summed E-state index contributed by atoms with van der Waals surface area (Å²) < 4.78 is 0.995.